The van der Waals surface area contributed by atoms with Crippen molar-refractivity contribution in [2.75, 3.05) is 68.6 Å². The topological polar surface area (TPSA) is 40.5 Å². The summed E-state index contributed by atoms with van der Waals surface area (Å²) in [5.74, 6) is 0. The van der Waals surface area contributed by atoms with E-state index in [4.69, 9.17) is 10.2 Å². The second-order valence-corrected chi connectivity index (χ2v) is 9.72. The Morgan fingerprint density at radius 2 is 0.615 bits per heavy atom. The lowest BCUT2D eigenvalue weighted by Crippen LogP contribution is -2.35. The molecule has 2 N–H and O–H groups in total. The van der Waals surface area contributed by atoms with Crippen molar-refractivity contribution in [2.24, 2.45) is 0 Å². The predicted molar refractivity (Wildman–Crippen MR) is 115 cm³/mol. The number of rotatable bonds is 16. The van der Waals surface area contributed by atoms with Crippen LogP contribution in [0.1, 0.15) is 77.0 Å². The summed E-state index contributed by atoms with van der Waals surface area (Å²) in [6.07, 6.45) is 15.0. The highest BCUT2D eigenvalue weighted by Gasteiger charge is 2.06. The number of aliphatic hydroxyl groups excluding tert-OH is 2. The SMILES string of the molecule is C[N+](C)(C)CCCCCCCC[N+](C)(C)C.OCCCCCCCCO. The molecule has 0 amide bonds. The molecule has 0 heterocycles. The summed E-state index contributed by atoms with van der Waals surface area (Å²) in [5, 5.41) is 16.9. The van der Waals surface area contributed by atoms with E-state index >= 15 is 0 Å². The van der Waals surface area contributed by atoms with Crippen LogP contribution in [0.3, 0.4) is 0 Å². The average Bonchev–Trinajstić information content (AvgIpc) is 2.52. The molecule has 4 heteroatoms. The predicted octanol–water partition coefficient (Wildman–Crippen LogP) is 4.05. The molecule has 160 valence electrons. The van der Waals surface area contributed by atoms with Crippen molar-refractivity contribution < 1.29 is 19.2 Å². The molecule has 0 aromatic heterocycles. The molecule has 0 fully saturated rings. The van der Waals surface area contributed by atoms with Gasteiger partial charge in [0.25, 0.3) is 0 Å². The first-order chi connectivity index (χ1) is 12.1. The van der Waals surface area contributed by atoms with Gasteiger partial charge < -0.3 is 19.2 Å². The molecular weight excluding hydrogens is 324 g/mol. The van der Waals surface area contributed by atoms with Gasteiger partial charge in [-0.25, -0.2) is 0 Å². The van der Waals surface area contributed by atoms with Crippen molar-refractivity contribution in [3.8, 4) is 0 Å². The lowest BCUT2D eigenvalue weighted by molar-refractivity contribution is -0.870. The molecule has 0 spiro atoms. The third kappa shape index (κ3) is 31.6. The van der Waals surface area contributed by atoms with Crippen LogP contribution in [0.15, 0.2) is 0 Å². The number of quaternary nitrogens is 2. The molecule has 0 aliphatic heterocycles. The third-order valence-corrected chi connectivity index (χ3v) is 4.47. The van der Waals surface area contributed by atoms with Crippen LogP contribution in [-0.2, 0) is 0 Å². The van der Waals surface area contributed by atoms with E-state index in [-0.39, 0.29) is 0 Å². The van der Waals surface area contributed by atoms with E-state index in [0.717, 1.165) is 34.6 Å². The lowest BCUT2D eigenvalue weighted by atomic mass is 10.1. The first-order valence-corrected chi connectivity index (χ1v) is 10.9. The highest BCUT2D eigenvalue weighted by molar-refractivity contribution is 4.45. The molecule has 0 aromatic rings. The summed E-state index contributed by atoms with van der Waals surface area (Å²) in [5.41, 5.74) is 0. The summed E-state index contributed by atoms with van der Waals surface area (Å²) in [6, 6.07) is 0. The largest absolute Gasteiger partial charge is 0.396 e. The fourth-order valence-electron chi connectivity index (χ4n) is 2.81. The zero-order valence-electron chi connectivity index (χ0n) is 19.1. The Bertz CT molecular complexity index is 242. The minimum absolute atomic E-state index is 0.319. The Balaban J connectivity index is 0. The van der Waals surface area contributed by atoms with Crippen molar-refractivity contribution in [3.63, 3.8) is 0 Å². The van der Waals surface area contributed by atoms with Crippen LogP contribution >= 0.6 is 0 Å². The molecule has 0 radical (unpaired) electrons. The molecule has 0 saturated carbocycles. The summed E-state index contributed by atoms with van der Waals surface area (Å²) in [4.78, 5) is 0. The van der Waals surface area contributed by atoms with Gasteiger partial charge in [0.1, 0.15) is 0 Å². The molecule has 26 heavy (non-hydrogen) atoms. The van der Waals surface area contributed by atoms with Gasteiger partial charge in [-0.15, -0.1) is 0 Å². The molecule has 0 rings (SSSR count). The number of hydrogen-bond donors (Lipinski definition) is 2. The quantitative estimate of drug-likeness (QED) is 0.315. The van der Waals surface area contributed by atoms with Crippen LogP contribution in [-0.4, -0.2) is 87.8 Å². The Morgan fingerprint density at radius 3 is 0.846 bits per heavy atom. The second-order valence-electron chi connectivity index (χ2n) is 9.72. The average molecular weight is 377 g/mol. The molecule has 0 aliphatic rings. The maximum absolute atomic E-state index is 8.43. The Morgan fingerprint density at radius 1 is 0.385 bits per heavy atom. The molecule has 0 saturated heterocycles. The van der Waals surface area contributed by atoms with E-state index in [1.54, 1.807) is 0 Å². The first kappa shape index (κ1) is 28.1. The number of hydrogen-bond acceptors (Lipinski definition) is 2. The van der Waals surface area contributed by atoms with E-state index in [1.165, 1.54) is 64.5 Å². The Labute approximate surface area is 165 Å². The van der Waals surface area contributed by atoms with Gasteiger partial charge >= 0.3 is 0 Å². The molecule has 0 atom stereocenters. The number of unbranched alkanes of at least 4 members (excludes halogenated alkanes) is 10. The summed E-state index contributed by atoms with van der Waals surface area (Å²) < 4.78 is 2.23. The standard InChI is InChI=1S/C14H34N2.C8H18O2/c1-15(2,3)13-11-9-7-8-10-12-14-16(4,5)6;9-7-5-3-1-2-4-6-8-10/h7-14H2,1-6H3;9-10H,1-8H2/q+2;. The maximum atomic E-state index is 8.43. The van der Waals surface area contributed by atoms with Crippen molar-refractivity contribution in [1.82, 2.24) is 0 Å². The molecule has 0 unspecified atom stereocenters. The maximum Gasteiger partial charge on any atom is 0.0780 e. The van der Waals surface area contributed by atoms with Gasteiger partial charge in [-0.3, -0.25) is 0 Å². The lowest BCUT2D eigenvalue weighted by Gasteiger charge is -2.24. The molecule has 4 nitrogen and oxygen atoms in total. The zero-order chi connectivity index (χ0) is 20.3. The van der Waals surface area contributed by atoms with Crippen LogP contribution in [0.4, 0.5) is 0 Å². The fraction of sp³-hybridized carbons (Fsp3) is 1.00. The van der Waals surface area contributed by atoms with E-state index in [0.29, 0.717) is 13.2 Å². The smallest absolute Gasteiger partial charge is 0.0780 e. The molecule has 0 aliphatic carbocycles. The van der Waals surface area contributed by atoms with Crippen LogP contribution in [0.25, 0.3) is 0 Å². The second kappa shape index (κ2) is 18.2. The van der Waals surface area contributed by atoms with Gasteiger partial charge in [0, 0.05) is 13.2 Å². The van der Waals surface area contributed by atoms with Gasteiger partial charge in [0.15, 0.2) is 0 Å². The molecule has 0 bridgehead atoms. The van der Waals surface area contributed by atoms with E-state index < -0.39 is 0 Å². The van der Waals surface area contributed by atoms with Gasteiger partial charge in [0.05, 0.1) is 55.4 Å². The van der Waals surface area contributed by atoms with Gasteiger partial charge in [-0.1, -0.05) is 38.5 Å². The van der Waals surface area contributed by atoms with E-state index in [9.17, 15) is 0 Å². The zero-order valence-corrected chi connectivity index (χ0v) is 19.1. The van der Waals surface area contributed by atoms with Crippen molar-refractivity contribution >= 4 is 0 Å². The number of nitrogens with zero attached hydrogens (tertiary/aromatic N) is 2. The van der Waals surface area contributed by atoms with Crippen molar-refractivity contribution in [2.45, 2.75) is 77.0 Å². The van der Waals surface area contributed by atoms with Crippen LogP contribution in [0, 0.1) is 0 Å². The van der Waals surface area contributed by atoms with Crippen LogP contribution < -0.4 is 0 Å². The Kier molecular flexibility index (Phi) is 19.7. The Hall–Kier alpha value is -0.160. The molecule has 0 aromatic carbocycles. The minimum Gasteiger partial charge on any atom is -0.396 e. The monoisotopic (exact) mass is 376 g/mol. The minimum atomic E-state index is 0.319. The van der Waals surface area contributed by atoms with Crippen LogP contribution in [0.2, 0.25) is 0 Å². The summed E-state index contributed by atoms with van der Waals surface area (Å²) in [7, 11) is 13.7. The highest BCUT2D eigenvalue weighted by atomic mass is 16.3. The van der Waals surface area contributed by atoms with E-state index in [2.05, 4.69) is 42.3 Å². The van der Waals surface area contributed by atoms with Gasteiger partial charge in [0.2, 0.25) is 0 Å². The first-order valence-electron chi connectivity index (χ1n) is 10.9. The van der Waals surface area contributed by atoms with Gasteiger partial charge in [-0.2, -0.15) is 0 Å². The highest BCUT2D eigenvalue weighted by Crippen LogP contribution is 2.08. The van der Waals surface area contributed by atoms with Crippen molar-refractivity contribution in [3.05, 3.63) is 0 Å². The fourth-order valence-corrected chi connectivity index (χ4v) is 2.81. The third-order valence-electron chi connectivity index (χ3n) is 4.47. The number of aliphatic hydroxyl groups is 2. The van der Waals surface area contributed by atoms with Crippen molar-refractivity contribution in [1.29, 1.82) is 0 Å². The molecular formula is C22H52N2O2+2. The summed E-state index contributed by atoms with van der Waals surface area (Å²) in [6.45, 7) is 3.28. The van der Waals surface area contributed by atoms with E-state index in [1.807, 2.05) is 0 Å². The summed E-state index contributed by atoms with van der Waals surface area (Å²) >= 11 is 0. The van der Waals surface area contributed by atoms with Gasteiger partial charge in [-0.05, 0) is 38.5 Å². The van der Waals surface area contributed by atoms with Crippen LogP contribution in [0.5, 0.6) is 0 Å². The normalized spacial score (nSPS) is 12.0.